The predicted octanol–water partition coefficient (Wildman–Crippen LogP) is 4.82. The zero-order chi connectivity index (χ0) is 21.5. The summed E-state index contributed by atoms with van der Waals surface area (Å²) in [6.07, 6.45) is 8.78. The Bertz CT molecular complexity index is 999. The van der Waals surface area contributed by atoms with Crippen LogP contribution >= 0.6 is 0 Å². The normalized spacial score (nSPS) is 15.7. The molecule has 1 aromatic heterocycles. The lowest BCUT2D eigenvalue weighted by Gasteiger charge is -2.24. The van der Waals surface area contributed by atoms with E-state index in [2.05, 4.69) is 17.4 Å². The van der Waals surface area contributed by atoms with Gasteiger partial charge in [-0.15, -0.1) is 0 Å². The van der Waals surface area contributed by atoms with Crippen molar-refractivity contribution in [1.29, 1.82) is 0 Å². The highest BCUT2D eigenvalue weighted by Crippen LogP contribution is 2.24. The van der Waals surface area contributed by atoms with E-state index >= 15 is 0 Å². The summed E-state index contributed by atoms with van der Waals surface area (Å²) >= 11 is 0. The van der Waals surface area contributed by atoms with Crippen LogP contribution in [0.3, 0.4) is 0 Å². The first-order chi connectivity index (χ1) is 15.2. The molecule has 0 aliphatic carbocycles. The molecule has 0 bridgehead atoms. The molecule has 0 unspecified atom stereocenters. The van der Waals surface area contributed by atoms with Crippen molar-refractivity contribution in [2.75, 3.05) is 11.9 Å². The molecule has 1 aliphatic rings. The molecule has 0 radical (unpaired) electrons. The van der Waals surface area contributed by atoms with E-state index in [4.69, 9.17) is 0 Å². The monoisotopic (exact) mass is 415 g/mol. The summed E-state index contributed by atoms with van der Waals surface area (Å²) in [5.74, 6) is -0.0147. The number of aryl methyl sites for hydroxylation is 1. The quantitative estimate of drug-likeness (QED) is 0.536. The number of aromatic nitrogens is 1. The van der Waals surface area contributed by atoms with E-state index in [0.717, 1.165) is 37.1 Å². The number of likely N-dealkylation sites (tertiary alicyclic amines) is 1. The molecule has 2 aromatic carbocycles. The smallest absolute Gasteiger partial charge is 0.247 e. The number of para-hydroxylation sites is 2. The van der Waals surface area contributed by atoms with Gasteiger partial charge in [-0.25, -0.2) is 0 Å². The number of nitrogens with one attached hydrogen (secondary N) is 1. The first-order valence-corrected chi connectivity index (χ1v) is 11.1. The van der Waals surface area contributed by atoms with E-state index in [1.807, 2.05) is 71.6 Å². The third-order valence-electron chi connectivity index (χ3n) is 5.87. The Morgan fingerprint density at radius 1 is 0.903 bits per heavy atom. The van der Waals surface area contributed by atoms with Gasteiger partial charge in [-0.1, -0.05) is 42.5 Å². The number of rotatable bonds is 8. The molecule has 1 saturated heterocycles. The van der Waals surface area contributed by atoms with Gasteiger partial charge in [0.2, 0.25) is 11.8 Å². The van der Waals surface area contributed by atoms with Gasteiger partial charge in [-0.2, -0.15) is 0 Å². The lowest BCUT2D eigenvalue weighted by atomic mass is 10.1. The molecule has 5 nitrogen and oxygen atoms in total. The van der Waals surface area contributed by atoms with Crippen LogP contribution in [0.4, 0.5) is 5.69 Å². The van der Waals surface area contributed by atoms with Gasteiger partial charge in [-0.3, -0.25) is 9.59 Å². The van der Waals surface area contributed by atoms with E-state index in [1.54, 1.807) is 4.90 Å². The van der Waals surface area contributed by atoms with Crippen LogP contribution in [-0.2, 0) is 16.0 Å². The van der Waals surface area contributed by atoms with Crippen molar-refractivity contribution in [2.45, 2.75) is 44.6 Å². The standard InChI is InChI=1S/C26H29N3O2/c30-25(17-7-4-13-21-11-2-1-3-12-21)29-20-10-16-24(29)26(31)27-22-14-5-6-15-23(22)28-18-8-9-19-28/h1-3,5-6,8-9,11-12,14-15,18-19,24H,4,7,10,13,16-17,20H2,(H,27,31)/t24-/m0/s1. The van der Waals surface area contributed by atoms with Crippen LogP contribution < -0.4 is 5.32 Å². The molecular weight excluding hydrogens is 386 g/mol. The van der Waals surface area contributed by atoms with Crippen LogP contribution in [0.5, 0.6) is 0 Å². The lowest BCUT2D eigenvalue weighted by Crippen LogP contribution is -2.43. The predicted molar refractivity (Wildman–Crippen MR) is 123 cm³/mol. The van der Waals surface area contributed by atoms with Gasteiger partial charge >= 0.3 is 0 Å². The summed E-state index contributed by atoms with van der Waals surface area (Å²) in [5.41, 5.74) is 2.97. The number of nitrogens with zero attached hydrogens (tertiary/aromatic N) is 2. The first-order valence-electron chi connectivity index (χ1n) is 11.1. The van der Waals surface area contributed by atoms with Crippen molar-refractivity contribution in [3.8, 4) is 5.69 Å². The molecule has 1 aliphatic heterocycles. The van der Waals surface area contributed by atoms with Crippen LogP contribution in [0.25, 0.3) is 5.69 Å². The van der Waals surface area contributed by atoms with Crippen molar-refractivity contribution in [3.05, 3.63) is 84.7 Å². The summed E-state index contributed by atoms with van der Waals surface area (Å²) < 4.78 is 1.97. The highest BCUT2D eigenvalue weighted by Gasteiger charge is 2.33. The Morgan fingerprint density at radius 3 is 2.45 bits per heavy atom. The Morgan fingerprint density at radius 2 is 1.65 bits per heavy atom. The van der Waals surface area contributed by atoms with Gasteiger partial charge in [0.05, 0.1) is 11.4 Å². The topological polar surface area (TPSA) is 54.3 Å². The molecule has 1 N–H and O–H groups in total. The molecule has 1 atom stereocenters. The maximum absolute atomic E-state index is 13.1. The van der Waals surface area contributed by atoms with Crippen molar-refractivity contribution in [1.82, 2.24) is 9.47 Å². The number of hydrogen-bond donors (Lipinski definition) is 1. The van der Waals surface area contributed by atoms with E-state index < -0.39 is 0 Å². The third-order valence-corrected chi connectivity index (χ3v) is 5.87. The fourth-order valence-corrected chi connectivity index (χ4v) is 4.25. The zero-order valence-corrected chi connectivity index (χ0v) is 17.7. The fraction of sp³-hybridized carbons (Fsp3) is 0.308. The Hall–Kier alpha value is -3.34. The Balaban J connectivity index is 1.33. The van der Waals surface area contributed by atoms with Gasteiger partial charge in [0.1, 0.15) is 6.04 Å². The minimum absolute atomic E-state index is 0.0874. The highest BCUT2D eigenvalue weighted by atomic mass is 16.2. The summed E-state index contributed by atoms with van der Waals surface area (Å²) in [4.78, 5) is 27.6. The number of unbranched alkanes of at least 4 members (excludes halogenated alkanes) is 1. The van der Waals surface area contributed by atoms with Crippen molar-refractivity contribution in [2.24, 2.45) is 0 Å². The molecule has 1 fully saturated rings. The Kier molecular flexibility index (Phi) is 6.82. The highest BCUT2D eigenvalue weighted by molar-refractivity contribution is 5.98. The molecule has 3 aromatic rings. The average Bonchev–Trinajstić information content (AvgIpc) is 3.50. The lowest BCUT2D eigenvalue weighted by molar-refractivity contribution is -0.136. The van der Waals surface area contributed by atoms with Crippen molar-refractivity contribution < 1.29 is 9.59 Å². The van der Waals surface area contributed by atoms with E-state index in [-0.39, 0.29) is 17.9 Å². The van der Waals surface area contributed by atoms with Crippen LogP contribution in [0, 0.1) is 0 Å². The molecule has 31 heavy (non-hydrogen) atoms. The summed E-state index contributed by atoms with van der Waals surface area (Å²) in [5, 5.41) is 3.06. The molecule has 2 amide bonds. The Labute approximate surface area is 183 Å². The van der Waals surface area contributed by atoms with Gasteiger partial charge in [-0.05, 0) is 61.9 Å². The van der Waals surface area contributed by atoms with E-state index in [9.17, 15) is 9.59 Å². The maximum atomic E-state index is 13.1. The van der Waals surface area contributed by atoms with Crippen LogP contribution in [0.2, 0.25) is 0 Å². The molecule has 0 saturated carbocycles. The SMILES string of the molecule is O=C(Nc1ccccc1-n1cccc1)[C@@H]1CCCN1C(=O)CCCCc1ccccc1. The van der Waals surface area contributed by atoms with Gasteiger partial charge in [0, 0.05) is 25.4 Å². The van der Waals surface area contributed by atoms with Gasteiger partial charge in [0.15, 0.2) is 0 Å². The summed E-state index contributed by atoms with van der Waals surface area (Å²) in [7, 11) is 0. The first kappa shape index (κ1) is 20.9. The number of carbonyl (C=O) groups is 2. The fourth-order valence-electron chi connectivity index (χ4n) is 4.25. The maximum Gasteiger partial charge on any atom is 0.247 e. The van der Waals surface area contributed by atoms with Gasteiger partial charge < -0.3 is 14.8 Å². The number of anilines is 1. The minimum Gasteiger partial charge on any atom is -0.331 e. The van der Waals surface area contributed by atoms with Crippen LogP contribution in [0.1, 0.15) is 37.7 Å². The van der Waals surface area contributed by atoms with Crippen molar-refractivity contribution in [3.63, 3.8) is 0 Å². The number of carbonyl (C=O) groups excluding carboxylic acids is 2. The molecule has 160 valence electrons. The van der Waals surface area contributed by atoms with Crippen LogP contribution in [-0.4, -0.2) is 33.9 Å². The second-order valence-electron chi connectivity index (χ2n) is 8.03. The van der Waals surface area contributed by atoms with Gasteiger partial charge in [0.25, 0.3) is 0 Å². The molecule has 0 spiro atoms. The summed E-state index contributed by atoms with van der Waals surface area (Å²) in [6, 6.07) is 21.6. The third kappa shape index (κ3) is 5.23. The zero-order valence-electron chi connectivity index (χ0n) is 17.7. The second-order valence-corrected chi connectivity index (χ2v) is 8.03. The summed E-state index contributed by atoms with van der Waals surface area (Å²) in [6.45, 7) is 0.662. The van der Waals surface area contributed by atoms with Crippen molar-refractivity contribution >= 4 is 17.5 Å². The molecular formula is C26H29N3O2. The molecule has 4 rings (SSSR count). The van der Waals surface area contributed by atoms with Crippen LogP contribution in [0.15, 0.2) is 79.1 Å². The number of benzene rings is 2. The van der Waals surface area contributed by atoms with E-state index in [0.29, 0.717) is 19.4 Å². The number of hydrogen-bond acceptors (Lipinski definition) is 2. The molecule has 5 heteroatoms. The van der Waals surface area contributed by atoms with E-state index in [1.165, 1.54) is 5.56 Å². The number of amides is 2. The average molecular weight is 416 g/mol. The minimum atomic E-state index is -0.389. The largest absolute Gasteiger partial charge is 0.331 e. The molecule has 2 heterocycles. The second kappa shape index (κ2) is 10.1.